The smallest absolute Gasteiger partial charge is 0.346 e. The molecule has 1 aliphatic heterocycles. The minimum Gasteiger partial charge on any atom is -0.496 e. The Hall–Kier alpha value is -2.08. The predicted molar refractivity (Wildman–Crippen MR) is 91.4 cm³/mol. The third kappa shape index (κ3) is 3.32. The van der Waals surface area contributed by atoms with Crippen molar-refractivity contribution in [3.8, 4) is 11.4 Å². The third-order valence-electron chi connectivity index (χ3n) is 3.99. The van der Waals surface area contributed by atoms with Crippen molar-refractivity contribution in [2.45, 2.75) is 26.7 Å². The Labute approximate surface area is 139 Å². The fourth-order valence-corrected chi connectivity index (χ4v) is 3.62. The van der Waals surface area contributed by atoms with Crippen LogP contribution >= 0.6 is 11.3 Å². The molecule has 1 aromatic heterocycles. The van der Waals surface area contributed by atoms with E-state index in [4.69, 9.17) is 4.74 Å². The molecule has 5 nitrogen and oxygen atoms in total. The highest BCUT2D eigenvalue weighted by molar-refractivity contribution is 7.09. The van der Waals surface area contributed by atoms with Gasteiger partial charge in [-0.25, -0.2) is 4.79 Å². The largest absolute Gasteiger partial charge is 0.496 e. The maximum atomic E-state index is 12.3. The van der Waals surface area contributed by atoms with Crippen molar-refractivity contribution in [3.05, 3.63) is 39.6 Å². The average molecular weight is 331 g/mol. The molecular weight excluding hydrogens is 310 g/mol. The second-order valence-corrected chi connectivity index (χ2v) is 6.95. The molecule has 6 heteroatoms. The zero-order valence-corrected chi connectivity index (χ0v) is 14.5. The van der Waals surface area contributed by atoms with E-state index in [1.54, 1.807) is 7.11 Å². The first kappa shape index (κ1) is 15.8. The summed E-state index contributed by atoms with van der Waals surface area (Å²) in [5.41, 5.74) is 2.04. The molecule has 0 N–H and O–H groups in total. The van der Waals surface area contributed by atoms with Gasteiger partial charge in [0.25, 0.3) is 0 Å². The van der Waals surface area contributed by atoms with E-state index in [1.165, 1.54) is 11.3 Å². The van der Waals surface area contributed by atoms with Crippen LogP contribution in [0.25, 0.3) is 5.69 Å². The minimum absolute atomic E-state index is 0.136. The number of amides is 2. The molecule has 1 fully saturated rings. The molecular formula is C17H21N3O2S. The Morgan fingerprint density at radius 2 is 2.00 bits per heavy atom. The Kier molecular flexibility index (Phi) is 4.52. The van der Waals surface area contributed by atoms with Crippen LogP contribution in [0.1, 0.15) is 23.3 Å². The number of hydrogen-bond donors (Lipinski definition) is 0. The fourth-order valence-electron chi connectivity index (χ4n) is 2.79. The molecule has 2 amide bonds. The van der Waals surface area contributed by atoms with Crippen molar-refractivity contribution in [1.29, 1.82) is 0 Å². The monoisotopic (exact) mass is 331 g/mol. The molecule has 0 aliphatic carbocycles. The number of thiazole rings is 1. The van der Waals surface area contributed by atoms with Crippen LogP contribution in [0.15, 0.2) is 29.4 Å². The van der Waals surface area contributed by atoms with Crippen LogP contribution in [-0.2, 0) is 0 Å². The number of ether oxygens (including phenoxy) is 1. The summed E-state index contributed by atoms with van der Waals surface area (Å²) in [6.45, 7) is 5.66. The second kappa shape index (κ2) is 6.58. The zero-order chi connectivity index (χ0) is 16.4. The summed E-state index contributed by atoms with van der Waals surface area (Å²) in [5, 5.41) is 0. The quantitative estimate of drug-likeness (QED) is 0.848. The van der Waals surface area contributed by atoms with Crippen LogP contribution in [-0.4, -0.2) is 35.7 Å². The van der Waals surface area contributed by atoms with Gasteiger partial charge in [0.05, 0.1) is 7.11 Å². The van der Waals surface area contributed by atoms with Gasteiger partial charge in [-0.3, -0.25) is 4.57 Å². The fraction of sp³-hybridized carbons (Fsp3) is 0.412. The molecule has 122 valence electrons. The van der Waals surface area contributed by atoms with Gasteiger partial charge < -0.3 is 9.64 Å². The number of carbonyl (C=O) groups excluding carboxylic acids is 1. The number of rotatable bonds is 2. The summed E-state index contributed by atoms with van der Waals surface area (Å²) >= 11 is 1.53. The van der Waals surface area contributed by atoms with E-state index in [2.05, 4.69) is 4.99 Å². The number of nitrogens with zero attached hydrogens (tertiary/aromatic N) is 3. The number of benzene rings is 1. The van der Waals surface area contributed by atoms with E-state index in [0.717, 1.165) is 47.8 Å². The summed E-state index contributed by atoms with van der Waals surface area (Å²) < 4.78 is 7.29. The highest BCUT2D eigenvalue weighted by Gasteiger charge is 2.17. The summed E-state index contributed by atoms with van der Waals surface area (Å²) in [6, 6.07) is 5.83. The molecule has 0 radical (unpaired) electrons. The number of aromatic nitrogens is 1. The SMILES string of the molecule is COc1ccc(-n2cc(C)sc2=NC(=O)N2CCCC2)cc1C. The third-order valence-corrected chi connectivity index (χ3v) is 4.89. The molecule has 1 aromatic carbocycles. The average Bonchev–Trinajstić information content (AvgIpc) is 3.17. The Morgan fingerprint density at radius 1 is 1.26 bits per heavy atom. The molecule has 2 heterocycles. The van der Waals surface area contributed by atoms with Gasteiger partial charge in [0.15, 0.2) is 4.80 Å². The van der Waals surface area contributed by atoms with Gasteiger partial charge in [-0.05, 0) is 50.5 Å². The molecule has 0 spiro atoms. The van der Waals surface area contributed by atoms with E-state index in [9.17, 15) is 4.79 Å². The van der Waals surface area contributed by atoms with E-state index in [-0.39, 0.29) is 6.03 Å². The highest BCUT2D eigenvalue weighted by atomic mass is 32.1. The molecule has 0 saturated carbocycles. The molecule has 0 atom stereocenters. The summed E-state index contributed by atoms with van der Waals surface area (Å²) in [7, 11) is 1.67. The molecule has 0 unspecified atom stereocenters. The van der Waals surface area contributed by atoms with Crippen molar-refractivity contribution in [2.75, 3.05) is 20.2 Å². The van der Waals surface area contributed by atoms with E-state index in [1.807, 2.05) is 47.7 Å². The molecule has 23 heavy (non-hydrogen) atoms. The number of urea groups is 1. The van der Waals surface area contributed by atoms with Crippen LogP contribution in [0.5, 0.6) is 5.75 Å². The van der Waals surface area contributed by atoms with Crippen molar-refractivity contribution in [1.82, 2.24) is 9.47 Å². The topological polar surface area (TPSA) is 46.8 Å². The van der Waals surface area contributed by atoms with Crippen LogP contribution in [0.2, 0.25) is 0 Å². The van der Waals surface area contributed by atoms with Crippen molar-refractivity contribution >= 4 is 17.4 Å². The van der Waals surface area contributed by atoms with Crippen molar-refractivity contribution in [2.24, 2.45) is 4.99 Å². The van der Waals surface area contributed by atoms with Gasteiger partial charge >= 0.3 is 6.03 Å². The number of methoxy groups -OCH3 is 1. The van der Waals surface area contributed by atoms with Gasteiger partial charge in [-0.2, -0.15) is 4.99 Å². The Bertz CT molecular complexity index is 785. The normalized spacial score (nSPS) is 15.3. The second-order valence-electron chi connectivity index (χ2n) is 5.74. The minimum atomic E-state index is -0.136. The lowest BCUT2D eigenvalue weighted by atomic mass is 10.2. The number of carbonyl (C=O) groups is 1. The van der Waals surface area contributed by atoms with E-state index >= 15 is 0 Å². The predicted octanol–water partition coefficient (Wildman–Crippen LogP) is 3.28. The zero-order valence-electron chi connectivity index (χ0n) is 13.7. The Morgan fingerprint density at radius 3 is 2.65 bits per heavy atom. The van der Waals surface area contributed by atoms with Gasteiger partial charge in [0.1, 0.15) is 5.75 Å². The molecule has 1 aliphatic rings. The lowest BCUT2D eigenvalue weighted by Gasteiger charge is -2.11. The first-order chi connectivity index (χ1) is 11.1. The van der Waals surface area contributed by atoms with Gasteiger partial charge in [0.2, 0.25) is 0 Å². The standard InChI is InChI=1S/C17H21N3O2S/c1-12-10-14(6-7-15(12)22-3)20-11-13(2)23-17(20)18-16(21)19-8-4-5-9-19/h6-7,10-11H,4-5,8-9H2,1-3H3. The molecule has 1 saturated heterocycles. The van der Waals surface area contributed by atoms with Gasteiger partial charge in [-0.15, -0.1) is 11.3 Å². The number of likely N-dealkylation sites (tertiary alicyclic amines) is 1. The van der Waals surface area contributed by atoms with Crippen LogP contribution < -0.4 is 9.54 Å². The lowest BCUT2D eigenvalue weighted by Crippen LogP contribution is -2.27. The van der Waals surface area contributed by atoms with Crippen LogP contribution in [0.4, 0.5) is 4.79 Å². The highest BCUT2D eigenvalue weighted by Crippen LogP contribution is 2.21. The first-order valence-electron chi connectivity index (χ1n) is 7.76. The molecule has 2 aromatic rings. The summed E-state index contributed by atoms with van der Waals surface area (Å²) in [5.74, 6) is 0.855. The van der Waals surface area contributed by atoms with E-state index < -0.39 is 0 Å². The van der Waals surface area contributed by atoms with Crippen LogP contribution in [0.3, 0.4) is 0 Å². The Balaban J connectivity index is 2.00. The van der Waals surface area contributed by atoms with Crippen molar-refractivity contribution < 1.29 is 9.53 Å². The van der Waals surface area contributed by atoms with Gasteiger partial charge in [-0.1, -0.05) is 0 Å². The number of aryl methyl sites for hydroxylation is 2. The lowest BCUT2D eigenvalue weighted by molar-refractivity contribution is 0.218. The number of hydrogen-bond acceptors (Lipinski definition) is 3. The summed E-state index contributed by atoms with van der Waals surface area (Å²) in [4.78, 5) is 20.3. The first-order valence-corrected chi connectivity index (χ1v) is 8.58. The van der Waals surface area contributed by atoms with Gasteiger partial charge in [0, 0.05) is 29.9 Å². The van der Waals surface area contributed by atoms with E-state index in [0.29, 0.717) is 4.80 Å². The molecule has 3 rings (SSSR count). The van der Waals surface area contributed by atoms with Crippen LogP contribution in [0, 0.1) is 13.8 Å². The maximum absolute atomic E-state index is 12.3. The molecule has 0 bridgehead atoms. The summed E-state index contributed by atoms with van der Waals surface area (Å²) in [6.07, 6.45) is 4.16. The van der Waals surface area contributed by atoms with Crippen molar-refractivity contribution in [3.63, 3.8) is 0 Å². The maximum Gasteiger partial charge on any atom is 0.346 e.